The first-order chi connectivity index (χ1) is 9.77. The van der Waals surface area contributed by atoms with Crippen molar-refractivity contribution >= 4 is 11.9 Å². The summed E-state index contributed by atoms with van der Waals surface area (Å²) in [4.78, 5) is 26.5. The Kier molecular flexibility index (Phi) is 5.96. The SMILES string of the molecule is CC[C@H](C)NC(=O)COC(=O)c1[nH]c(C)c([C@@H](C)O)c1C. The third kappa shape index (κ3) is 4.32. The molecule has 0 unspecified atom stereocenters. The number of rotatable bonds is 6. The fourth-order valence-corrected chi connectivity index (χ4v) is 2.22. The van der Waals surface area contributed by atoms with Gasteiger partial charge in [0.1, 0.15) is 5.69 Å². The van der Waals surface area contributed by atoms with Crippen molar-refractivity contribution in [2.75, 3.05) is 6.61 Å². The number of nitrogens with one attached hydrogen (secondary N) is 2. The molecule has 6 heteroatoms. The van der Waals surface area contributed by atoms with E-state index in [1.165, 1.54) is 0 Å². The molecule has 1 heterocycles. The van der Waals surface area contributed by atoms with E-state index in [0.717, 1.165) is 12.1 Å². The number of ether oxygens (including phenoxy) is 1. The van der Waals surface area contributed by atoms with Gasteiger partial charge in [-0.25, -0.2) is 4.79 Å². The number of aromatic amines is 1. The van der Waals surface area contributed by atoms with Crippen LogP contribution in [0.2, 0.25) is 0 Å². The van der Waals surface area contributed by atoms with Gasteiger partial charge in [0.25, 0.3) is 5.91 Å². The topological polar surface area (TPSA) is 91.4 Å². The van der Waals surface area contributed by atoms with Gasteiger partial charge in [-0.3, -0.25) is 4.79 Å². The maximum absolute atomic E-state index is 12.0. The van der Waals surface area contributed by atoms with E-state index >= 15 is 0 Å². The maximum Gasteiger partial charge on any atom is 0.355 e. The summed E-state index contributed by atoms with van der Waals surface area (Å²) >= 11 is 0. The molecule has 1 aromatic heterocycles. The molecule has 0 saturated heterocycles. The van der Waals surface area contributed by atoms with E-state index in [0.29, 0.717) is 11.1 Å². The number of aliphatic hydroxyl groups excluding tert-OH is 1. The van der Waals surface area contributed by atoms with Crippen molar-refractivity contribution in [1.82, 2.24) is 10.3 Å². The highest BCUT2D eigenvalue weighted by molar-refractivity contribution is 5.91. The summed E-state index contributed by atoms with van der Waals surface area (Å²) in [5.41, 5.74) is 2.33. The lowest BCUT2D eigenvalue weighted by atomic mass is 10.1. The molecule has 0 spiro atoms. The van der Waals surface area contributed by atoms with Crippen LogP contribution in [0.5, 0.6) is 0 Å². The van der Waals surface area contributed by atoms with Gasteiger partial charge in [0, 0.05) is 17.3 Å². The first-order valence-electron chi connectivity index (χ1n) is 7.11. The molecular weight excluding hydrogens is 272 g/mol. The minimum Gasteiger partial charge on any atom is -0.451 e. The summed E-state index contributed by atoms with van der Waals surface area (Å²) in [6.07, 6.45) is 0.142. The van der Waals surface area contributed by atoms with Crippen molar-refractivity contribution < 1.29 is 19.4 Å². The molecule has 0 aromatic carbocycles. The lowest BCUT2D eigenvalue weighted by molar-refractivity contribution is -0.124. The predicted molar refractivity (Wildman–Crippen MR) is 79.1 cm³/mol. The van der Waals surface area contributed by atoms with Crippen LogP contribution < -0.4 is 5.32 Å². The molecule has 0 fully saturated rings. The Balaban J connectivity index is 2.69. The highest BCUT2D eigenvalue weighted by atomic mass is 16.5. The number of H-pyrrole nitrogens is 1. The van der Waals surface area contributed by atoms with E-state index in [4.69, 9.17) is 4.74 Å². The zero-order chi connectivity index (χ0) is 16.2. The fourth-order valence-electron chi connectivity index (χ4n) is 2.22. The first-order valence-corrected chi connectivity index (χ1v) is 7.11. The minimum atomic E-state index is -0.670. The van der Waals surface area contributed by atoms with E-state index in [-0.39, 0.29) is 24.2 Å². The van der Waals surface area contributed by atoms with E-state index < -0.39 is 12.1 Å². The number of aryl methyl sites for hydroxylation is 1. The third-order valence-corrected chi connectivity index (χ3v) is 3.47. The van der Waals surface area contributed by atoms with Gasteiger partial charge in [-0.05, 0) is 39.7 Å². The van der Waals surface area contributed by atoms with Crippen molar-refractivity contribution in [3.8, 4) is 0 Å². The Labute approximate surface area is 124 Å². The number of hydrogen-bond acceptors (Lipinski definition) is 4. The Morgan fingerprint density at radius 2 is 1.95 bits per heavy atom. The number of hydrogen-bond donors (Lipinski definition) is 3. The highest BCUT2D eigenvalue weighted by Gasteiger charge is 2.21. The van der Waals surface area contributed by atoms with Crippen LogP contribution in [0.25, 0.3) is 0 Å². The predicted octanol–water partition coefficient (Wildman–Crippen LogP) is 1.76. The van der Waals surface area contributed by atoms with Gasteiger partial charge >= 0.3 is 5.97 Å². The Bertz CT molecular complexity index is 520. The van der Waals surface area contributed by atoms with E-state index in [2.05, 4.69) is 10.3 Å². The van der Waals surface area contributed by atoms with E-state index in [1.807, 2.05) is 13.8 Å². The summed E-state index contributed by atoms with van der Waals surface area (Å²) < 4.78 is 5.00. The van der Waals surface area contributed by atoms with Crippen LogP contribution in [0.4, 0.5) is 0 Å². The van der Waals surface area contributed by atoms with Gasteiger partial charge in [0.15, 0.2) is 6.61 Å². The molecule has 1 rings (SSSR count). The molecule has 0 saturated carbocycles. The molecule has 1 aromatic rings. The zero-order valence-corrected chi connectivity index (χ0v) is 13.2. The van der Waals surface area contributed by atoms with Gasteiger partial charge in [-0.2, -0.15) is 0 Å². The van der Waals surface area contributed by atoms with Crippen molar-refractivity contribution in [2.45, 2.75) is 53.2 Å². The van der Waals surface area contributed by atoms with Gasteiger partial charge in [0.2, 0.25) is 0 Å². The molecule has 118 valence electrons. The summed E-state index contributed by atoms with van der Waals surface area (Å²) in [7, 11) is 0. The number of aromatic nitrogens is 1. The van der Waals surface area contributed by atoms with Gasteiger partial charge in [-0.1, -0.05) is 6.92 Å². The lowest BCUT2D eigenvalue weighted by Crippen LogP contribution is -2.35. The molecule has 0 bridgehead atoms. The number of aliphatic hydroxyl groups is 1. The average molecular weight is 296 g/mol. The summed E-state index contributed by atoms with van der Waals surface area (Å²) in [5.74, 6) is -0.920. The van der Waals surface area contributed by atoms with Crippen LogP contribution in [0.3, 0.4) is 0 Å². The lowest BCUT2D eigenvalue weighted by Gasteiger charge is -2.11. The molecular formula is C15H24N2O4. The molecule has 21 heavy (non-hydrogen) atoms. The minimum absolute atomic E-state index is 0.0486. The Morgan fingerprint density at radius 3 is 2.43 bits per heavy atom. The Hall–Kier alpha value is -1.82. The van der Waals surface area contributed by atoms with Crippen LogP contribution in [0.15, 0.2) is 0 Å². The molecule has 2 atom stereocenters. The molecule has 0 aliphatic rings. The average Bonchev–Trinajstić information content (AvgIpc) is 2.71. The van der Waals surface area contributed by atoms with E-state index in [9.17, 15) is 14.7 Å². The first kappa shape index (κ1) is 17.2. The summed E-state index contributed by atoms with van der Waals surface area (Å²) in [5, 5.41) is 12.4. The monoisotopic (exact) mass is 296 g/mol. The van der Waals surface area contributed by atoms with Crippen LogP contribution in [-0.2, 0) is 9.53 Å². The number of amides is 1. The number of carbonyl (C=O) groups is 2. The largest absolute Gasteiger partial charge is 0.451 e. The van der Waals surface area contributed by atoms with Gasteiger partial charge < -0.3 is 20.1 Å². The second kappa shape index (κ2) is 7.26. The van der Waals surface area contributed by atoms with Gasteiger partial charge in [0.05, 0.1) is 6.10 Å². The van der Waals surface area contributed by atoms with Crippen molar-refractivity contribution in [3.63, 3.8) is 0 Å². The summed E-state index contributed by atoms with van der Waals surface area (Å²) in [6, 6.07) is 0.0486. The second-order valence-corrected chi connectivity index (χ2v) is 5.29. The van der Waals surface area contributed by atoms with Crippen LogP contribution in [0, 0.1) is 13.8 Å². The quantitative estimate of drug-likeness (QED) is 0.697. The zero-order valence-electron chi connectivity index (χ0n) is 13.2. The number of carbonyl (C=O) groups excluding carboxylic acids is 2. The molecule has 0 radical (unpaired) electrons. The maximum atomic E-state index is 12.0. The third-order valence-electron chi connectivity index (χ3n) is 3.47. The fraction of sp³-hybridized carbons (Fsp3) is 0.600. The van der Waals surface area contributed by atoms with Gasteiger partial charge in [-0.15, -0.1) is 0 Å². The molecule has 0 aliphatic heterocycles. The Morgan fingerprint density at radius 1 is 1.33 bits per heavy atom. The van der Waals surface area contributed by atoms with Crippen molar-refractivity contribution in [2.24, 2.45) is 0 Å². The summed E-state index contributed by atoms with van der Waals surface area (Å²) in [6.45, 7) is 8.68. The normalized spacial score (nSPS) is 13.6. The molecule has 6 nitrogen and oxygen atoms in total. The molecule has 1 amide bonds. The highest BCUT2D eigenvalue weighted by Crippen LogP contribution is 2.24. The standard InChI is InChI=1S/C15H24N2O4/c1-6-8(2)16-12(19)7-21-15(20)14-9(3)13(11(5)18)10(4)17-14/h8,11,17-18H,6-7H2,1-5H3,(H,16,19)/t8-,11+/m0/s1. The van der Waals surface area contributed by atoms with E-state index in [1.54, 1.807) is 20.8 Å². The van der Waals surface area contributed by atoms with Crippen molar-refractivity contribution in [3.05, 3.63) is 22.5 Å². The molecule has 0 aliphatic carbocycles. The molecule has 3 N–H and O–H groups in total. The van der Waals surface area contributed by atoms with Crippen LogP contribution >= 0.6 is 0 Å². The second-order valence-electron chi connectivity index (χ2n) is 5.29. The smallest absolute Gasteiger partial charge is 0.355 e. The van der Waals surface area contributed by atoms with Crippen LogP contribution in [-0.4, -0.2) is 34.6 Å². The van der Waals surface area contributed by atoms with Crippen LogP contribution in [0.1, 0.15) is 60.6 Å². The number of esters is 1. The van der Waals surface area contributed by atoms with Crippen molar-refractivity contribution in [1.29, 1.82) is 0 Å².